The molecule has 0 unspecified atom stereocenters. The second-order valence-electron chi connectivity index (χ2n) is 6.41. The first-order valence-electron chi connectivity index (χ1n) is 9.04. The number of aromatic nitrogens is 1. The van der Waals surface area contributed by atoms with E-state index in [2.05, 4.69) is 15.6 Å². The van der Waals surface area contributed by atoms with Crippen molar-refractivity contribution < 1.29 is 14.0 Å². The number of halogens is 1. The number of nitrogens with one attached hydrogen (secondary N) is 2. The molecule has 0 atom stereocenters. The zero-order chi connectivity index (χ0) is 20.6. The summed E-state index contributed by atoms with van der Waals surface area (Å²) < 4.78 is 13.0. The van der Waals surface area contributed by atoms with E-state index >= 15 is 0 Å². The highest BCUT2D eigenvalue weighted by Gasteiger charge is 2.08. The molecule has 0 radical (unpaired) electrons. The van der Waals surface area contributed by atoms with E-state index in [0.29, 0.717) is 23.4 Å². The van der Waals surface area contributed by atoms with Crippen LogP contribution in [0.4, 0.5) is 10.1 Å². The lowest BCUT2D eigenvalue weighted by molar-refractivity contribution is -0.111. The van der Waals surface area contributed by atoms with Crippen molar-refractivity contribution in [3.63, 3.8) is 0 Å². The Hall–Kier alpha value is -3.80. The Morgan fingerprint density at radius 3 is 2.52 bits per heavy atom. The molecule has 2 amide bonds. The highest BCUT2D eigenvalue weighted by molar-refractivity contribution is 6.04. The highest BCUT2D eigenvalue weighted by Crippen LogP contribution is 2.15. The van der Waals surface area contributed by atoms with Gasteiger partial charge < -0.3 is 10.6 Å². The molecule has 0 fully saturated rings. The van der Waals surface area contributed by atoms with Gasteiger partial charge in [-0.1, -0.05) is 24.3 Å². The molecule has 2 aromatic carbocycles. The van der Waals surface area contributed by atoms with Crippen LogP contribution in [0.2, 0.25) is 0 Å². The number of anilines is 1. The van der Waals surface area contributed by atoms with Crippen molar-refractivity contribution in [3.8, 4) is 0 Å². The number of benzene rings is 2. The van der Waals surface area contributed by atoms with Crippen LogP contribution in [0.5, 0.6) is 0 Å². The van der Waals surface area contributed by atoms with Gasteiger partial charge in [0.05, 0.1) is 12.2 Å². The molecule has 3 aromatic rings. The number of rotatable bonds is 6. The summed E-state index contributed by atoms with van der Waals surface area (Å²) >= 11 is 0. The van der Waals surface area contributed by atoms with Gasteiger partial charge in [0.1, 0.15) is 5.82 Å². The van der Waals surface area contributed by atoms with Crippen LogP contribution in [0.3, 0.4) is 0 Å². The second-order valence-corrected chi connectivity index (χ2v) is 6.41. The third-order valence-electron chi connectivity index (χ3n) is 4.20. The summed E-state index contributed by atoms with van der Waals surface area (Å²) in [6.45, 7) is 2.09. The Balaban J connectivity index is 1.62. The molecule has 1 aromatic heterocycles. The van der Waals surface area contributed by atoms with E-state index < -0.39 is 0 Å². The van der Waals surface area contributed by atoms with Gasteiger partial charge in [-0.25, -0.2) is 4.39 Å². The Kier molecular flexibility index (Phi) is 6.47. The highest BCUT2D eigenvalue weighted by atomic mass is 19.1. The number of allylic oxidation sites excluding steroid dienone is 1. The SMILES string of the molecule is C/C(=C\C(=O)Nc1cccc(C(=O)NCc2ccccn2)c1)c1ccc(F)cc1. The Labute approximate surface area is 168 Å². The van der Waals surface area contributed by atoms with Gasteiger partial charge in [-0.15, -0.1) is 0 Å². The number of pyridine rings is 1. The van der Waals surface area contributed by atoms with Crippen LogP contribution >= 0.6 is 0 Å². The van der Waals surface area contributed by atoms with Crippen LogP contribution < -0.4 is 10.6 Å². The molecule has 0 saturated heterocycles. The van der Waals surface area contributed by atoms with E-state index in [-0.39, 0.29) is 17.6 Å². The number of hydrogen-bond donors (Lipinski definition) is 2. The first-order valence-corrected chi connectivity index (χ1v) is 9.04. The van der Waals surface area contributed by atoms with Crippen molar-refractivity contribution in [2.75, 3.05) is 5.32 Å². The number of carbonyl (C=O) groups is 2. The third kappa shape index (κ3) is 5.84. The van der Waals surface area contributed by atoms with Gasteiger partial charge in [-0.3, -0.25) is 14.6 Å². The van der Waals surface area contributed by atoms with Crippen LogP contribution in [0.25, 0.3) is 5.57 Å². The topological polar surface area (TPSA) is 71.1 Å². The van der Waals surface area contributed by atoms with Crippen molar-refractivity contribution in [1.82, 2.24) is 10.3 Å². The summed E-state index contributed by atoms with van der Waals surface area (Å²) in [5.74, 6) is -0.924. The molecule has 0 bridgehead atoms. The van der Waals surface area contributed by atoms with Crippen molar-refractivity contribution in [3.05, 3.63) is 102 Å². The smallest absolute Gasteiger partial charge is 0.251 e. The lowest BCUT2D eigenvalue weighted by Gasteiger charge is -2.08. The molecule has 0 saturated carbocycles. The van der Waals surface area contributed by atoms with E-state index in [0.717, 1.165) is 11.3 Å². The van der Waals surface area contributed by atoms with Gasteiger partial charge in [0, 0.05) is 23.5 Å². The van der Waals surface area contributed by atoms with Gasteiger partial charge in [0.2, 0.25) is 5.91 Å². The molecule has 0 aliphatic rings. The summed E-state index contributed by atoms with van der Waals surface area (Å²) in [6, 6.07) is 18.1. The number of hydrogen-bond acceptors (Lipinski definition) is 3. The van der Waals surface area contributed by atoms with Gasteiger partial charge in [0.15, 0.2) is 0 Å². The molecule has 0 aliphatic heterocycles. The average Bonchev–Trinajstić information content (AvgIpc) is 2.73. The van der Waals surface area contributed by atoms with Gasteiger partial charge >= 0.3 is 0 Å². The fraction of sp³-hybridized carbons (Fsp3) is 0.0870. The fourth-order valence-corrected chi connectivity index (χ4v) is 2.68. The predicted molar refractivity (Wildman–Crippen MR) is 111 cm³/mol. The summed E-state index contributed by atoms with van der Waals surface area (Å²) in [5.41, 5.74) is 3.14. The van der Waals surface area contributed by atoms with E-state index in [1.807, 2.05) is 18.2 Å². The maximum Gasteiger partial charge on any atom is 0.251 e. The van der Waals surface area contributed by atoms with Crippen molar-refractivity contribution in [2.45, 2.75) is 13.5 Å². The minimum atomic E-state index is -0.335. The molecule has 5 nitrogen and oxygen atoms in total. The normalized spacial score (nSPS) is 11.0. The molecule has 146 valence electrons. The molecule has 1 heterocycles. The zero-order valence-electron chi connectivity index (χ0n) is 15.9. The van der Waals surface area contributed by atoms with Gasteiger partial charge in [-0.2, -0.15) is 0 Å². The quantitative estimate of drug-likeness (QED) is 0.621. The van der Waals surface area contributed by atoms with E-state index in [9.17, 15) is 14.0 Å². The third-order valence-corrected chi connectivity index (χ3v) is 4.20. The van der Waals surface area contributed by atoms with Crippen LogP contribution in [0.1, 0.15) is 28.5 Å². The lowest BCUT2D eigenvalue weighted by Crippen LogP contribution is -2.23. The van der Waals surface area contributed by atoms with Gasteiger partial charge in [-0.05, 0) is 60.5 Å². The summed E-state index contributed by atoms with van der Waals surface area (Å²) in [7, 11) is 0. The Morgan fingerprint density at radius 2 is 1.79 bits per heavy atom. The van der Waals surface area contributed by atoms with Crippen molar-refractivity contribution >= 4 is 23.1 Å². The minimum Gasteiger partial charge on any atom is -0.346 e. The van der Waals surface area contributed by atoms with Gasteiger partial charge in [0.25, 0.3) is 5.91 Å². The second kappa shape index (κ2) is 9.41. The van der Waals surface area contributed by atoms with E-state index in [4.69, 9.17) is 0 Å². The largest absolute Gasteiger partial charge is 0.346 e. The molecule has 29 heavy (non-hydrogen) atoms. The average molecular weight is 389 g/mol. The molecule has 0 aliphatic carbocycles. The predicted octanol–water partition coefficient (Wildman–Crippen LogP) is 4.19. The summed E-state index contributed by atoms with van der Waals surface area (Å²) in [6.07, 6.45) is 3.10. The summed E-state index contributed by atoms with van der Waals surface area (Å²) in [5, 5.41) is 5.54. The number of carbonyl (C=O) groups excluding carboxylic acids is 2. The molecule has 0 spiro atoms. The Morgan fingerprint density at radius 1 is 1.00 bits per heavy atom. The molecule has 6 heteroatoms. The van der Waals surface area contributed by atoms with Crippen LogP contribution in [-0.4, -0.2) is 16.8 Å². The molecule has 2 N–H and O–H groups in total. The maximum atomic E-state index is 13.0. The van der Waals surface area contributed by atoms with E-state index in [1.165, 1.54) is 18.2 Å². The Bertz CT molecular complexity index is 1030. The first-order chi connectivity index (χ1) is 14.0. The standard InChI is InChI=1S/C23H20FN3O2/c1-16(17-8-10-19(24)11-9-17)13-22(28)27-20-7-4-5-18(14-20)23(29)26-15-21-6-2-3-12-25-21/h2-14H,15H2,1H3,(H,26,29)(H,27,28)/b16-13+. The molecule has 3 rings (SSSR count). The fourth-order valence-electron chi connectivity index (χ4n) is 2.68. The molecular formula is C23H20FN3O2. The summed E-state index contributed by atoms with van der Waals surface area (Å²) in [4.78, 5) is 28.8. The van der Waals surface area contributed by atoms with Crippen LogP contribution in [-0.2, 0) is 11.3 Å². The van der Waals surface area contributed by atoms with Crippen LogP contribution in [0.15, 0.2) is 79.0 Å². The monoisotopic (exact) mass is 389 g/mol. The molecular weight excluding hydrogens is 369 g/mol. The number of nitrogens with zero attached hydrogens (tertiary/aromatic N) is 1. The minimum absolute atomic E-state index is 0.259. The maximum absolute atomic E-state index is 13.0. The first kappa shape index (κ1) is 19.9. The zero-order valence-corrected chi connectivity index (χ0v) is 15.9. The van der Waals surface area contributed by atoms with E-state index in [1.54, 1.807) is 49.5 Å². The van der Waals surface area contributed by atoms with Crippen molar-refractivity contribution in [2.24, 2.45) is 0 Å². The van der Waals surface area contributed by atoms with Crippen molar-refractivity contribution in [1.29, 1.82) is 0 Å². The lowest BCUT2D eigenvalue weighted by atomic mass is 10.1. The number of amides is 2. The van der Waals surface area contributed by atoms with Crippen LogP contribution in [0, 0.1) is 5.82 Å².